The predicted molar refractivity (Wildman–Crippen MR) is 115 cm³/mol. The summed E-state index contributed by atoms with van der Waals surface area (Å²) in [7, 11) is -3.85. The van der Waals surface area contributed by atoms with Crippen LogP contribution in [0.5, 0.6) is 0 Å². The quantitative estimate of drug-likeness (QED) is 0.516. The smallest absolute Gasteiger partial charge is 0.416 e. The lowest BCUT2D eigenvalue weighted by Gasteiger charge is -2.22. The Hall–Kier alpha value is -2.41. The summed E-state index contributed by atoms with van der Waals surface area (Å²) in [6.45, 7) is 0.113. The fraction of sp³-hybridized carbons (Fsp3) is 0.300. The van der Waals surface area contributed by atoms with E-state index in [0.29, 0.717) is 28.4 Å². The standard InChI is InChI=1S/C20H17ClF3N3O4S2/c21-16-7-8-18(32-16)33(29,30)27-9-1-2-15(27)19(28)25-10-17-26-14(11-31-17)12-3-5-13(6-4-12)20(22,23)24/h3-8,11,15H,1-2,9-10H2,(H,25,28)/t15-/m0/s1. The topological polar surface area (TPSA) is 92.5 Å². The Morgan fingerprint density at radius 1 is 1.24 bits per heavy atom. The fourth-order valence-electron chi connectivity index (χ4n) is 3.48. The lowest BCUT2D eigenvalue weighted by molar-refractivity contribution is -0.137. The third-order valence-corrected chi connectivity index (χ3v) is 8.70. The maximum absolute atomic E-state index is 12.9. The van der Waals surface area contributed by atoms with Crippen molar-refractivity contribution in [3.63, 3.8) is 0 Å². The first-order valence-electron chi connectivity index (χ1n) is 9.72. The molecule has 1 amide bonds. The molecule has 1 atom stereocenters. The number of oxazole rings is 1. The van der Waals surface area contributed by atoms with E-state index in [-0.39, 0.29) is 23.2 Å². The van der Waals surface area contributed by atoms with Crippen LogP contribution in [0.2, 0.25) is 4.34 Å². The Balaban J connectivity index is 1.40. The van der Waals surface area contributed by atoms with E-state index in [4.69, 9.17) is 16.0 Å². The number of benzene rings is 1. The Kier molecular flexibility index (Phi) is 6.54. The fourth-order valence-corrected chi connectivity index (χ4v) is 6.75. The summed E-state index contributed by atoms with van der Waals surface area (Å²) in [5.74, 6) is -0.358. The van der Waals surface area contributed by atoms with Gasteiger partial charge in [0.15, 0.2) is 0 Å². The molecule has 1 saturated heterocycles. The molecule has 2 aromatic heterocycles. The zero-order chi connectivity index (χ0) is 23.8. The van der Waals surface area contributed by atoms with Crippen molar-refractivity contribution in [2.45, 2.75) is 35.8 Å². The molecule has 0 saturated carbocycles. The highest BCUT2D eigenvalue weighted by Gasteiger charge is 2.40. The van der Waals surface area contributed by atoms with Gasteiger partial charge in [-0.15, -0.1) is 11.3 Å². The van der Waals surface area contributed by atoms with Crippen LogP contribution in [0.4, 0.5) is 13.2 Å². The molecule has 176 valence electrons. The molecule has 13 heteroatoms. The van der Waals surface area contributed by atoms with Gasteiger partial charge >= 0.3 is 6.18 Å². The van der Waals surface area contributed by atoms with Crippen molar-refractivity contribution < 1.29 is 30.8 Å². The third-order valence-electron chi connectivity index (χ3n) is 5.09. The first-order valence-corrected chi connectivity index (χ1v) is 12.4. The van der Waals surface area contributed by atoms with E-state index in [1.54, 1.807) is 0 Å². The van der Waals surface area contributed by atoms with E-state index >= 15 is 0 Å². The molecular formula is C20H17ClF3N3O4S2. The van der Waals surface area contributed by atoms with Crippen molar-refractivity contribution in [1.29, 1.82) is 0 Å². The van der Waals surface area contributed by atoms with Crippen LogP contribution in [-0.2, 0) is 27.5 Å². The molecule has 0 spiro atoms. The van der Waals surface area contributed by atoms with Crippen LogP contribution in [-0.4, -0.2) is 36.2 Å². The first-order chi connectivity index (χ1) is 15.6. The SMILES string of the molecule is O=C(NCc1nc(-c2ccc(C(F)(F)F)cc2)co1)[C@@H]1CCCN1S(=O)(=O)c1ccc(Cl)s1. The van der Waals surface area contributed by atoms with Gasteiger partial charge in [0, 0.05) is 12.1 Å². The molecular weight excluding hydrogens is 503 g/mol. The Morgan fingerprint density at radius 2 is 1.97 bits per heavy atom. The molecule has 0 bridgehead atoms. The number of carbonyl (C=O) groups excluding carboxylic acids is 1. The highest BCUT2D eigenvalue weighted by Crippen LogP contribution is 2.33. The summed E-state index contributed by atoms with van der Waals surface area (Å²) in [6.07, 6.45) is -2.26. The van der Waals surface area contributed by atoms with Crippen LogP contribution >= 0.6 is 22.9 Å². The van der Waals surface area contributed by atoms with Gasteiger partial charge in [0.05, 0.1) is 16.4 Å². The normalized spacial score (nSPS) is 17.4. The maximum Gasteiger partial charge on any atom is 0.416 e. The minimum atomic E-state index is -4.44. The number of hydrogen-bond acceptors (Lipinski definition) is 6. The van der Waals surface area contributed by atoms with Crippen molar-refractivity contribution in [1.82, 2.24) is 14.6 Å². The van der Waals surface area contributed by atoms with E-state index in [0.717, 1.165) is 27.8 Å². The van der Waals surface area contributed by atoms with Gasteiger partial charge in [0.2, 0.25) is 11.8 Å². The largest absolute Gasteiger partial charge is 0.446 e. The van der Waals surface area contributed by atoms with Crippen molar-refractivity contribution in [2.24, 2.45) is 0 Å². The van der Waals surface area contributed by atoms with Crippen LogP contribution in [0, 0.1) is 0 Å². The second-order valence-corrected chi connectivity index (χ2v) is 11.1. The van der Waals surface area contributed by atoms with Crippen LogP contribution in [0.3, 0.4) is 0 Å². The van der Waals surface area contributed by atoms with Crippen molar-refractivity contribution in [2.75, 3.05) is 6.54 Å². The minimum absolute atomic E-state index is 0.0704. The zero-order valence-corrected chi connectivity index (χ0v) is 19.2. The molecule has 4 rings (SSSR count). The first kappa shape index (κ1) is 23.7. The molecule has 33 heavy (non-hydrogen) atoms. The number of halogens is 4. The summed E-state index contributed by atoms with van der Waals surface area (Å²) in [6, 6.07) is 6.47. The summed E-state index contributed by atoms with van der Waals surface area (Å²) >= 11 is 6.78. The number of nitrogens with zero attached hydrogens (tertiary/aromatic N) is 2. The number of sulfonamides is 1. The van der Waals surface area contributed by atoms with Gasteiger partial charge in [-0.05, 0) is 37.1 Å². The molecule has 1 N–H and O–H groups in total. The van der Waals surface area contributed by atoms with E-state index < -0.39 is 33.7 Å². The minimum Gasteiger partial charge on any atom is -0.446 e. The molecule has 1 aliphatic rings. The summed E-state index contributed by atoms with van der Waals surface area (Å²) in [4.78, 5) is 16.9. The third kappa shape index (κ3) is 5.08. The number of aromatic nitrogens is 1. The molecule has 7 nitrogen and oxygen atoms in total. The molecule has 3 aromatic rings. The van der Waals surface area contributed by atoms with Crippen LogP contribution < -0.4 is 5.32 Å². The summed E-state index contributed by atoms with van der Waals surface area (Å²) in [5, 5.41) is 2.62. The van der Waals surface area contributed by atoms with Gasteiger partial charge in [-0.3, -0.25) is 4.79 Å². The number of amides is 1. The monoisotopic (exact) mass is 519 g/mol. The molecule has 3 heterocycles. The number of nitrogens with one attached hydrogen (secondary N) is 1. The Labute approximate surface area is 196 Å². The molecule has 1 aliphatic heterocycles. The van der Waals surface area contributed by atoms with Gasteiger partial charge in [0.25, 0.3) is 10.0 Å². The molecule has 0 aliphatic carbocycles. The number of rotatable bonds is 6. The van der Waals surface area contributed by atoms with Crippen LogP contribution in [0.15, 0.2) is 51.3 Å². The van der Waals surface area contributed by atoms with Crippen LogP contribution in [0.25, 0.3) is 11.3 Å². The highest BCUT2D eigenvalue weighted by molar-refractivity contribution is 7.91. The molecule has 1 aromatic carbocycles. The molecule has 0 radical (unpaired) electrons. The maximum atomic E-state index is 12.9. The predicted octanol–water partition coefficient (Wildman–Crippen LogP) is 4.54. The van der Waals surface area contributed by atoms with Crippen molar-refractivity contribution in [3.8, 4) is 11.3 Å². The molecule has 1 fully saturated rings. The van der Waals surface area contributed by atoms with Crippen molar-refractivity contribution in [3.05, 3.63) is 58.5 Å². The zero-order valence-electron chi connectivity index (χ0n) is 16.8. The number of hydrogen-bond donors (Lipinski definition) is 1. The van der Waals surface area contributed by atoms with Gasteiger partial charge < -0.3 is 9.73 Å². The van der Waals surface area contributed by atoms with Gasteiger partial charge in [-0.25, -0.2) is 13.4 Å². The number of alkyl halides is 3. The number of thiophene rings is 1. The lowest BCUT2D eigenvalue weighted by atomic mass is 10.1. The highest BCUT2D eigenvalue weighted by atomic mass is 35.5. The Morgan fingerprint density at radius 3 is 2.61 bits per heavy atom. The average molecular weight is 520 g/mol. The van der Waals surface area contributed by atoms with E-state index in [9.17, 15) is 26.4 Å². The van der Waals surface area contributed by atoms with E-state index in [2.05, 4.69) is 10.3 Å². The Bertz CT molecular complexity index is 1260. The van der Waals surface area contributed by atoms with E-state index in [1.165, 1.54) is 30.5 Å². The number of carbonyl (C=O) groups is 1. The second-order valence-electron chi connectivity index (χ2n) is 7.25. The van der Waals surface area contributed by atoms with Crippen molar-refractivity contribution >= 4 is 38.9 Å². The average Bonchev–Trinajstić information content (AvgIpc) is 3.52. The molecule has 0 unspecified atom stereocenters. The second kappa shape index (κ2) is 9.09. The van der Waals surface area contributed by atoms with Gasteiger partial charge in [0.1, 0.15) is 22.2 Å². The summed E-state index contributed by atoms with van der Waals surface area (Å²) < 4.78 is 70.8. The summed E-state index contributed by atoms with van der Waals surface area (Å²) in [5.41, 5.74) is -0.0391. The van der Waals surface area contributed by atoms with Gasteiger partial charge in [-0.2, -0.15) is 17.5 Å². The van der Waals surface area contributed by atoms with Gasteiger partial charge in [-0.1, -0.05) is 23.7 Å². The lowest BCUT2D eigenvalue weighted by Crippen LogP contribution is -2.45. The van der Waals surface area contributed by atoms with E-state index in [1.807, 2.05) is 0 Å². The van der Waals surface area contributed by atoms with Crippen LogP contribution in [0.1, 0.15) is 24.3 Å².